The van der Waals surface area contributed by atoms with Crippen molar-refractivity contribution in [3.8, 4) is 0 Å². The van der Waals surface area contributed by atoms with E-state index in [2.05, 4.69) is 5.32 Å². The highest BCUT2D eigenvalue weighted by molar-refractivity contribution is 5.84. The molecule has 0 aliphatic carbocycles. The molecule has 0 aromatic rings. The highest BCUT2D eigenvalue weighted by Crippen LogP contribution is 1.64. The Morgan fingerprint density at radius 3 is 2.80 bits per heavy atom. The molecule has 0 atom stereocenters. The molecule has 0 aliphatic heterocycles. The highest BCUT2D eigenvalue weighted by Gasteiger charge is 1.91. The summed E-state index contributed by atoms with van der Waals surface area (Å²) in [4.78, 5) is 20.0. The van der Waals surface area contributed by atoms with Crippen molar-refractivity contribution in [1.29, 1.82) is 0 Å². The van der Waals surface area contributed by atoms with Crippen LogP contribution in [-0.2, 0) is 4.79 Å². The van der Waals surface area contributed by atoms with Gasteiger partial charge in [0.25, 0.3) is 0 Å². The average molecular weight is 144 g/mol. The summed E-state index contributed by atoms with van der Waals surface area (Å²) in [6.07, 6.45) is 2.41. The van der Waals surface area contributed by atoms with Crippen LogP contribution < -0.4 is 10.6 Å². The van der Waals surface area contributed by atoms with Gasteiger partial charge in [-0.1, -0.05) is 0 Å². The van der Waals surface area contributed by atoms with Crippen LogP contribution in [0.25, 0.3) is 0 Å². The van der Waals surface area contributed by atoms with Gasteiger partial charge >= 0.3 is 6.03 Å². The van der Waals surface area contributed by atoms with Crippen LogP contribution >= 0.6 is 0 Å². The SMILES string of the molecule is O=CNC(=O)NCC=CO. The molecular weight excluding hydrogens is 136 g/mol. The summed E-state index contributed by atoms with van der Waals surface area (Å²) in [5.41, 5.74) is 0. The van der Waals surface area contributed by atoms with Gasteiger partial charge in [0.05, 0.1) is 6.26 Å². The van der Waals surface area contributed by atoms with Gasteiger partial charge < -0.3 is 10.4 Å². The molecule has 3 N–H and O–H groups in total. The van der Waals surface area contributed by atoms with Gasteiger partial charge in [0.15, 0.2) is 0 Å². The van der Waals surface area contributed by atoms with E-state index < -0.39 is 6.03 Å². The topological polar surface area (TPSA) is 78.4 Å². The molecule has 0 aromatic heterocycles. The molecule has 0 aromatic carbocycles. The van der Waals surface area contributed by atoms with Crippen LogP contribution in [0.3, 0.4) is 0 Å². The molecule has 10 heavy (non-hydrogen) atoms. The number of hydrogen-bond donors (Lipinski definition) is 3. The quantitative estimate of drug-likeness (QED) is 0.369. The van der Waals surface area contributed by atoms with E-state index in [0.29, 0.717) is 0 Å². The minimum Gasteiger partial charge on any atom is -0.516 e. The second kappa shape index (κ2) is 5.61. The first kappa shape index (κ1) is 8.48. The average Bonchev–Trinajstić information content (AvgIpc) is 1.89. The predicted molar refractivity (Wildman–Crippen MR) is 34.4 cm³/mol. The maximum absolute atomic E-state index is 10.3. The molecule has 0 spiro atoms. The van der Waals surface area contributed by atoms with E-state index in [0.717, 1.165) is 6.26 Å². The van der Waals surface area contributed by atoms with Gasteiger partial charge in [-0.05, 0) is 6.08 Å². The van der Waals surface area contributed by atoms with Gasteiger partial charge in [0.1, 0.15) is 0 Å². The van der Waals surface area contributed by atoms with Gasteiger partial charge in [0, 0.05) is 6.54 Å². The van der Waals surface area contributed by atoms with Crippen LogP contribution in [0.5, 0.6) is 0 Å². The fourth-order valence-electron chi connectivity index (χ4n) is 0.309. The van der Waals surface area contributed by atoms with Gasteiger partial charge in [0.2, 0.25) is 6.41 Å². The summed E-state index contributed by atoms with van der Waals surface area (Å²) in [6, 6.07) is -0.590. The summed E-state index contributed by atoms with van der Waals surface area (Å²) in [7, 11) is 0. The first-order valence-electron chi connectivity index (χ1n) is 2.58. The van der Waals surface area contributed by atoms with Crippen LogP contribution in [0.4, 0.5) is 4.79 Å². The number of urea groups is 1. The summed E-state index contributed by atoms with van der Waals surface area (Å²) in [5, 5.41) is 12.2. The van der Waals surface area contributed by atoms with Crippen molar-refractivity contribution in [1.82, 2.24) is 10.6 Å². The summed E-state index contributed by atoms with van der Waals surface area (Å²) in [5.74, 6) is 0. The Kier molecular flexibility index (Phi) is 4.76. The number of aliphatic hydroxyl groups is 1. The number of nitrogens with one attached hydrogen (secondary N) is 2. The van der Waals surface area contributed by atoms with Crippen LogP contribution in [0.1, 0.15) is 0 Å². The smallest absolute Gasteiger partial charge is 0.321 e. The van der Waals surface area contributed by atoms with Crippen molar-refractivity contribution in [2.24, 2.45) is 0 Å². The molecule has 3 amide bonds. The monoisotopic (exact) mass is 144 g/mol. The zero-order chi connectivity index (χ0) is 7.82. The van der Waals surface area contributed by atoms with Crippen molar-refractivity contribution >= 4 is 12.4 Å². The van der Waals surface area contributed by atoms with E-state index in [1.807, 2.05) is 5.32 Å². The Morgan fingerprint density at radius 1 is 1.60 bits per heavy atom. The molecule has 5 heteroatoms. The van der Waals surface area contributed by atoms with Gasteiger partial charge in [-0.3, -0.25) is 10.1 Å². The number of rotatable bonds is 3. The maximum atomic E-state index is 10.3. The number of imide groups is 1. The Labute approximate surface area is 57.7 Å². The molecule has 0 radical (unpaired) electrons. The van der Waals surface area contributed by atoms with E-state index in [1.165, 1.54) is 6.08 Å². The Morgan fingerprint density at radius 2 is 2.30 bits per heavy atom. The largest absolute Gasteiger partial charge is 0.516 e. The fourth-order valence-corrected chi connectivity index (χ4v) is 0.309. The molecule has 0 heterocycles. The number of carbonyl (C=O) groups excluding carboxylic acids is 2. The Balaban J connectivity index is 3.30. The van der Waals surface area contributed by atoms with E-state index in [-0.39, 0.29) is 13.0 Å². The van der Waals surface area contributed by atoms with Crippen LogP contribution in [0.15, 0.2) is 12.3 Å². The fraction of sp³-hybridized carbons (Fsp3) is 0.200. The van der Waals surface area contributed by atoms with Crippen molar-refractivity contribution in [2.75, 3.05) is 6.54 Å². The standard InChI is InChI=1S/C5H8N2O3/c8-3-1-2-6-5(10)7-4-9/h1,3-4,8H,2H2,(H2,6,7,9,10). The van der Waals surface area contributed by atoms with Gasteiger partial charge in [-0.25, -0.2) is 4.79 Å². The lowest BCUT2D eigenvalue weighted by Crippen LogP contribution is -2.34. The zero-order valence-corrected chi connectivity index (χ0v) is 5.20. The number of hydrogen-bond acceptors (Lipinski definition) is 3. The number of amides is 3. The van der Waals surface area contributed by atoms with E-state index in [4.69, 9.17) is 5.11 Å². The second-order valence-electron chi connectivity index (χ2n) is 1.36. The minimum atomic E-state index is -0.590. The Bertz CT molecular complexity index is 144. The van der Waals surface area contributed by atoms with Crippen molar-refractivity contribution in [3.63, 3.8) is 0 Å². The lowest BCUT2D eigenvalue weighted by Gasteiger charge is -1.96. The second-order valence-corrected chi connectivity index (χ2v) is 1.36. The van der Waals surface area contributed by atoms with Crippen molar-refractivity contribution < 1.29 is 14.7 Å². The third-order valence-electron chi connectivity index (χ3n) is 0.676. The van der Waals surface area contributed by atoms with E-state index >= 15 is 0 Å². The van der Waals surface area contributed by atoms with Crippen LogP contribution in [0, 0.1) is 0 Å². The molecule has 0 rings (SSSR count). The van der Waals surface area contributed by atoms with Crippen LogP contribution in [0.2, 0.25) is 0 Å². The summed E-state index contributed by atoms with van der Waals surface area (Å²) in [6.45, 7) is 0.191. The normalized spacial score (nSPS) is 9.20. The summed E-state index contributed by atoms with van der Waals surface area (Å²) < 4.78 is 0. The number of carbonyl (C=O) groups is 2. The molecule has 5 nitrogen and oxygen atoms in total. The molecule has 56 valence electrons. The maximum Gasteiger partial charge on any atom is 0.321 e. The molecule has 0 saturated heterocycles. The van der Waals surface area contributed by atoms with E-state index in [9.17, 15) is 9.59 Å². The van der Waals surface area contributed by atoms with Gasteiger partial charge in [-0.15, -0.1) is 0 Å². The third kappa shape index (κ3) is 4.63. The molecule has 0 fully saturated rings. The zero-order valence-electron chi connectivity index (χ0n) is 5.20. The predicted octanol–water partition coefficient (Wildman–Crippen LogP) is -0.486. The third-order valence-corrected chi connectivity index (χ3v) is 0.676. The molecule has 0 saturated carbocycles. The first-order valence-corrected chi connectivity index (χ1v) is 2.58. The van der Waals surface area contributed by atoms with Crippen LogP contribution in [-0.4, -0.2) is 24.1 Å². The first-order chi connectivity index (χ1) is 4.81. The molecule has 0 unspecified atom stereocenters. The van der Waals surface area contributed by atoms with Crippen molar-refractivity contribution in [3.05, 3.63) is 12.3 Å². The highest BCUT2D eigenvalue weighted by atomic mass is 16.2. The van der Waals surface area contributed by atoms with E-state index in [1.54, 1.807) is 0 Å². The molecular formula is C5H8N2O3. The van der Waals surface area contributed by atoms with Gasteiger partial charge in [-0.2, -0.15) is 0 Å². The minimum absolute atomic E-state index is 0.191. The van der Waals surface area contributed by atoms with Crippen molar-refractivity contribution in [2.45, 2.75) is 0 Å². The summed E-state index contributed by atoms with van der Waals surface area (Å²) >= 11 is 0. The molecule has 0 bridgehead atoms. The molecule has 0 aliphatic rings. The lowest BCUT2D eigenvalue weighted by molar-refractivity contribution is -0.108. The number of aliphatic hydroxyl groups excluding tert-OH is 1. The lowest BCUT2D eigenvalue weighted by atomic mass is 10.6. The Hall–Kier alpha value is -1.52.